The summed E-state index contributed by atoms with van der Waals surface area (Å²) in [4.78, 5) is 0. The van der Waals surface area contributed by atoms with Crippen molar-refractivity contribution in [1.82, 2.24) is 0 Å². The van der Waals surface area contributed by atoms with Crippen molar-refractivity contribution in [2.45, 2.75) is 23.7 Å². The number of aromatic hydroxyl groups is 1. The standard InChI is InChI=1S/C38H26O3/c1-4-19-30-28-20-11-5-7-13-22(20)29(23-14-8-6-12-21(23)28)36(30)38(39)37-31(19)32-24-15-9-10-16-25(24)33(37)35-27(41-3)18-17-26(40-2)34(32)35/h1,5-18,28-29,32-33,39H,2-3H3/t28?,29?,32-,33-/m0/s1. The van der Waals surface area contributed by atoms with Crippen molar-refractivity contribution < 1.29 is 14.6 Å². The minimum absolute atomic E-state index is 0.0352. The minimum atomic E-state index is -0.227. The summed E-state index contributed by atoms with van der Waals surface area (Å²) in [5, 5.41) is 12.6. The van der Waals surface area contributed by atoms with Gasteiger partial charge in [0, 0.05) is 51.5 Å². The lowest BCUT2D eigenvalue weighted by Crippen LogP contribution is -2.34. The predicted molar refractivity (Wildman–Crippen MR) is 159 cm³/mol. The summed E-state index contributed by atoms with van der Waals surface area (Å²) in [6, 6.07) is 29.8. The van der Waals surface area contributed by atoms with Crippen LogP contribution in [0.25, 0.3) is 0 Å². The minimum Gasteiger partial charge on any atom is -0.507 e. The lowest BCUT2D eigenvalue weighted by Gasteiger charge is -2.48. The van der Waals surface area contributed by atoms with Crippen molar-refractivity contribution in [2.24, 2.45) is 0 Å². The Balaban J connectivity index is 1.46. The van der Waals surface area contributed by atoms with E-state index >= 15 is 0 Å². The number of benzene rings is 5. The van der Waals surface area contributed by atoms with Crippen LogP contribution < -0.4 is 9.47 Å². The van der Waals surface area contributed by atoms with Crippen molar-refractivity contribution >= 4 is 0 Å². The van der Waals surface area contributed by atoms with E-state index in [0.717, 1.165) is 50.4 Å². The van der Waals surface area contributed by atoms with Crippen LogP contribution in [0.3, 0.4) is 0 Å². The van der Waals surface area contributed by atoms with Gasteiger partial charge in [-0.3, -0.25) is 0 Å². The first kappa shape index (κ1) is 22.8. The summed E-state index contributed by atoms with van der Waals surface area (Å²) >= 11 is 0. The zero-order valence-corrected chi connectivity index (χ0v) is 22.7. The molecule has 1 N–H and O–H groups in total. The van der Waals surface area contributed by atoms with E-state index in [0.29, 0.717) is 5.75 Å². The molecule has 0 unspecified atom stereocenters. The third-order valence-electron chi connectivity index (χ3n) is 10.0. The average Bonchev–Trinajstić information content (AvgIpc) is 3.04. The van der Waals surface area contributed by atoms with Gasteiger partial charge in [-0.05, 0) is 56.6 Å². The van der Waals surface area contributed by atoms with E-state index in [1.54, 1.807) is 14.2 Å². The molecule has 2 atom stereocenters. The first-order chi connectivity index (χ1) is 20.2. The van der Waals surface area contributed by atoms with Gasteiger partial charge in [-0.25, -0.2) is 0 Å². The molecule has 0 heterocycles. The van der Waals surface area contributed by atoms with Crippen LogP contribution in [0.2, 0.25) is 0 Å². The molecule has 0 fully saturated rings. The van der Waals surface area contributed by atoms with E-state index in [1.807, 2.05) is 12.1 Å². The highest BCUT2D eigenvalue weighted by Crippen LogP contribution is 2.67. The number of phenols is 1. The molecule has 0 spiro atoms. The van der Waals surface area contributed by atoms with Gasteiger partial charge in [0.25, 0.3) is 0 Å². The molecular weight excluding hydrogens is 504 g/mol. The summed E-state index contributed by atoms with van der Waals surface area (Å²) < 4.78 is 12.0. The van der Waals surface area contributed by atoms with Crippen molar-refractivity contribution in [3.8, 4) is 29.6 Å². The maximum atomic E-state index is 12.6. The molecule has 196 valence electrons. The Kier molecular flexibility index (Phi) is 4.36. The number of terminal acetylenes is 1. The van der Waals surface area contributed by atoms with E-state index in [1.165, 1.54) is 33.4 Å². The topological polar surface area (TPSA) is 38.7 Å². The largest absolute Gasteiger partial charge is 0.507 e. The monoisotopic (exact) mass is 530 g/mol. The molecule has 6 aliphatic carbocycles. The second-order valence-corrected chi connectivity index (χ2v) is 11.4. The highest BCUT2D eigenvalue weighted by molar-refractivity contribution is 5.83. The Hall–Kier alpha value is -4.94. The smallest absolute Gasteiger partial charge is 0.124 e. The lowest BCUT2D eigenvalue weighted by molar-refractivity contribution is 0.387. The maximum Gasteiger partial charge on any atom is 0.124 e. The molecule has 3 nitrogen and oxygen atoms in total. The van der Waals surface area contributed by atoms with Crippen molar-refractivity contribution in [3.05, 3.63) is 157 Å². The SMILES string of the molecule is C#Cc1c2c(c(O)c3c1[C@@H]1c4ccccc4[C@H]3c3c(OC)ccc(OC)c31)C1c3ccccc3C2c2ccccc21. The Morgan fingerprint density at radius 2 is 0.854 bits per heavy atom. The van der Waals surface area contributed by atoms with Crippen LogP contribution in [0, 0.1) is 12.3 Å². The summed E-state index contributed by atoms with van der Waals surface area (Å²) in [5.74, 6) is 4.64. The van der Waals surface area contributed by atoms with Gasteiger partial charge in [-0.15, -0.1) is 6.42 Å². The molecule has 0 radical (unpaired) electrons. The summed E-state index contributed by atoms with van der Waals surface area (Å²) in [6.45, 7) is 0. The molecule has 41 heavy (non-hydrogen) atoms. The predicted octanol–water partition coefficient (Wildman–Crippen LogP) is 7.37. The van der Waals surface area contributed by atoms with Crippen LogP contribution in [0.5, 0.6) is 17.2 Å². The zero-order chi connectivity index (χ0) is 27.6. The molecule has 6 aliphatic rings. The normalized spacial score (nSPS) is 21.0. The van der Waals surface area contributed by atoms with Crippen LogP contribution in [-0.2, 0) is 0 Å². The Labute approximate surface area is 239 Å². The quantitative estimate of drug-likeness (QED) is 0.237. The van der Waals surface area contributed by atoms with Gasteiger partial charge < -0.3 is 14.6 Å². The average molecular weight is 531 g/mol. The summed E-state index contributed by atoms with van der Waals surface area (Å²) in [6.07, 6.45) is 6.53. The lowest BCUT2D eigenvalue weighted by atomic mass is 9.54. The fourth-order valence-electron chi connectivity index (χ4n) is 8.68. The van der Waals surface area contributed by atoms with E-state index in [4.69, 9.17) is 15.9 Å². The van der Waals surface area contributed by atoms with Crippen LogP contribution in [0.15, 0.2) is 84.9 Å². The van der Waals surface area contributed by atoms with Gasteiger partial charge >= 0.3 is 0 Å². The molecule has 4 bridgehead atoms. The number of hydrogen-bond acceptors (Lipinski definition) is 3. The van der Waals surface area contributed by atoms with Crippen LogP contribution in [-0.4, -0.2) is 19.3 Å². The fraction of sp³-hybridized carbons (Fsp3) is 0.158. The van der Waals surface area contributed by atoms with Gasteiger partial charge in [0.05, 0.1) is 14.2 Å². The third-order valence-corrected chi connectivity index (χ3v) is 10.0. The molecule has 0 saturated carbocycles. The molecule has 5 aromatic rings. The first-order valence-corrected chi connectivity index (χ1v) is 14.1. The summed E-state index contributed by atoms with van der Waals surface area (Å²) in [5.41, 5.74) is 14.5. The first-order valence-electron chi connectivity index (χ1n) is 14.1. The molecule has 11 rings (SSSR count). The third kappa shape index (κ3) is 2.53. The number of phenolic OH excluding ortho intramolecular Hbond substituents is 1. The number of ether oxygens (including phenoxy) is 2. The van der Waals surface area contributed by atoms with Gasteiger partial charge in [-0.2, -0.15) is 0 Å². The fourth-order valence-corrected chi connectivity index (χ4v) is 8.68. The van der Waals surface area contributed by atoms with E-state index in [-0.39, 0.29) is 23.7 Å². The summed E-state index contributed by atoms with van der Waals surface area (Å²) in [7, 11) is 3.43. The zero-order valence-electron chi connectivity index (χ0n) is 22.7. The highest BCUT2D eigenvalue weighted by atomic mass is 16.5. The number of methoxy groups -OCH3 is 2. The Morgan fingerprint density at radius 3 is 1.27 bits per heavy atom. The van der Waals surface area contributed by atoms with Gasteiger partial charge in [0.1, 0.15) is 17.2 Å². The van der Waals surface area contributed by atoms with Crippen molar-refractivity contribution in [3.63, 3.8) is 0 Å². The molecule has 0 aliphatic heterocycles. The van der Waals surface area contributed by atoms with Gasteiger partial charge in [0.15, 0.2) is 0 Å². The van der Waals surface area contributed by atoms with E-state index in [9.17, 15) is 5.11 Å². The Morgan fingerprint density at radius 1 is 0.512 bits per heavy atom. The molecule has 0 aromatic heterocycles. The van der Waals surface area contributed by atoms with Gasteiger partial charge in [0.2, 0.25) is 0 Å². The number of hydrogen-bond donors (Lipinski definition) is 1. The molecular formula is C38H26O3. The van der Waals surface area contributed by atoms with E-state index < -0.39 is 0 Å². The van der Waals surface area contributed by atoms with Crippen LogP contribution in [0.1, 0.15) is 96.0 Å². The van der Waals surface area contributed by atoms with Gasteiger partial charge in [-0.1, -0.05) is 78.7 Å². The molecule has 3 heteroatoms. The second-order valence-electron chi connectivity index (χ2n) is 11.4. The van der Waals surface area contributed by atoms with Crippen LogP contribution >= 0.6 is 0 Å². The molecule has 5 aromatic carbocycles. The highest BCUT2D eigenvalue weighted by Gasteiger charge is 2.52. The second kappa shape index (κ2) is 7.83. The van der Waals surface area contributed by atoms with Crippen molar-refractivity contribution in [2.75, 3.05) is 14.2 Å². The van der Waals surface area contributed by atoms with Crippen molar-refractivity contribution in [1.29, 1.82) is 0 Å². The molecule has 0 saturated heterocycles. The molecule has 0 amide bonds. The Bertz CT molecular complexity index is 1980. The number of rotatable bonds is 2. The van der Waals surface area contributed by atoms with E-state index in [2.05, 4.69) is 78.7 Å². The van der Waals surface area contributed by atoms with Crippen LogP contribution in [0.4, 0.5) is 0 Å². The maximum absolute atomic E-state index is 12.6.